The summed E-state index contributed by atoms with van der Waals surface area (Å²) in [6.07, 6.45) is 1.01. The Balaban J connectivity index is 1.76. The highest BCUT2D eigenvalue weighted by atomic mass is 35.5. The van der Waals surface area contributed by atoms with Crippen molar-refractivity contribution in [3.8, 4) is 5.69 Å². The molecular formula is C25H30ClFN4O3S. The third-order valence-corrected chi connectivity index (χ3v) is 6.48. The Morgan fingerprint density at radius 3 is 2.34 bits per heavy atom. The van der Waals surface area contributed by atoms with Crippen LogP contribution in [-0.2, 0) is 33.3 Å². The fraction of sp³-hybridized carbons (Fsp3) is 0.360. The second-order valence-electron chi connectivity index (χ2n) is 9.54. The third kappa shape index (κ3) is 7.13. The van der Waals surface area contributed by atoms with Gasteiger partial charge in [0.1, 0.15) is 5.82 Å². The molecule has 0 aliphatic carbocycles. The molecule has 0 radical (unpaired) electrons. The SMILES string of the molecule is CC(C(=O)NCc1cc(C(C)(C)C)nn1-c1ccc(Cl)cc1)c1ccc(CNS(C)(=O)=O)c(F)c1. The first-order valence-corrected chi connectivity index (χ1v) is 13.4. The van der Waals surface area contributed by atoms with Crippen molar-refractivity contribution in [1.29, 1.82) is 0 Å². The number of carbonyl (C=O) groups excluding carboxylic acids is 1. The van der Waals surface area contributed by atoms with Crippen LogP contribution in [0.1, 0.15) is 56.1 Å². The quantitative estimate of drug-likeness (QED) is 0.459. The van der Waals surface area contributed by atoms with Gasteiger partial charge < -0.3 is 5.32 Å². The molecule has 0 fully saturated rings. The standard InChI is InChI=1S/C25H30ClFN4O3S/c1-16(17-6-7-18(22(27)12-17)14-29-35(5,33)34)24(32)28-15-21-13-23(25(2,3)4)30-31(21)20-10-8-19(26)9-11-20/h6-13,16,29H,14-15H2,1-5H3,(H,28,32). The Morgan fingerprint density at radius 1 is 1.11 bits per heavy atom. The van der Waals surface area contributed by atoms with Crippen molar-refractivity contribution in [2.75, 3.05) is 6.26 Å². The Hall–Kier alpha value is -2.75. The van der Waals surface area contributed by atoms with E-state index in [2.05, 4.69) is 30.8 Å². The Bertz CT molecular complexity index is 1320. The molecule has 2 N–H and O–H groups in total. The van der Waals surface area contributed by atoms with E-state index in [0.717, 1.165) is 23.3 Å². The van der Waals surface area contributed by atoms with Gasteiger partial charge in [0.05, 0.1) is 35.8 Å². The van der Waals surface area contributed by atoms with Crippen molar-refractivity contribution in [2.45, 2.75) is 52.1 Å². The van der Waals surface area contributed by atoms with Gasteiger partial charge in [-0.1, -0.05) is 44.5 Å². The molecule has 7 nitrogen and oxygen atoms in total. The highest BCUT2D eigenvalue weighted by Crippen LogP contribution is 2.25. The summed E-state index contributed by atoms with van der Waals surface area (Å²) in [6, 6.07) is 13.6. The second-order valence-corrected chi connectivity index (χ2v) is 11.8. The van der Waals surface area contributed by atoms with E-state index in [1.807, 2.05) is 18.2 Å². The number of sulfonamides is 1. The number of hydrogen-bond donors (Lipinski definition) is 2. The first kappa shape index (κ1) is 26.8. The summed E-state index contributed by atoms with van der Waals surface area (Å²) < 4.78 is 41.1. The number of hydrogen-bond acceptors (Lipinski definition) is 4. The fourth-order valence-electron chi connectivity index (χ4n) is 3.39. The molecule has 1 unspecified atom stereocenters. The number of halogens is 2. The summed E-state index contributed by atoms with van der Waals surface area (Å²) in [5, 5.41) is 8.28. The first-order valence-electron chi connectivity index (χ1n) is 11.1. The van der Waals surface area contributed by atoms with Crippen molar-refractivity contribution in [3.63, 3.8) is 0 Å². The lowest BCUT2D eigenvalue weighted by molar-refractivity contribution is -0.122. The monoisotopic (exact) mass is 520 g/mol. The highest BCUT2D eigenvalue weighted by molar-refractivity contribution is 7.88. The molecule has 0 saturated carbocycles. The van der Waals surface area contributed by atoms with Gasteiger partial charge in [-0.25, -0.2) is 22.2 Å². The minimum absolute atomic E-state index is 0.156. The van der Waals surface area contributed by atoms with Crippen LogP contribution in [-0.4, -0.2) is 30.4 Å². The molecule has 1 heterocycles. The molecule has 10 heteroatoms. The van der Waals surface area contributed by atoms with Crippen molar-refractivity contribution in [2.24, 2.45) is 0 Å². The molecule has 0 spiro atoms. The van der Waals surface area contributed by atoms with Crippen molar-refractivity contribution < 1.29 is 17.6 Å². The predicted molar refractivity (Wildman–Crippen MR) is 136 cm³/mol. The molecule has 35 heavy (non-hydrogen) atoms. The zero-order chi connectivity index (χ0) is 26.0. The Morgan fingerprint density at radius 2 is 1.77 bits per heavy atom. The van der Waals surface area contributed by atoms with Gasteiger partial charge in [-0.05, 0) is 48.9 Å². The van der Waals surface area contributed by atoms with Crippen molar-refractivity contribution in [3.05, 3.63) is 81.9 Å². The molecule has 1 aromatic heterocycles. The zero-order valence-electron chi connectivity index (χ0n) is 20.4. The Labute approximate surface area is 210 Å². The van der Waals surface area contributed by atoms with Crippen LogP contribution < -0.4 is 10.0 Å². The minimum Gasteiger partial charge on any atom is -0.350 e. The molecule has 3 aromatic rings. The van der Waals surface area contributed by atoms with Gasteiger partial charge in [-0.3, -0.25) is 4.79 Å². The van der Waals surface area contributed by atoms with Gasteiger partial charge in [0.2, 0.25) is 15.9 Å². The largest absolute Gasteiger partial charge is 0.350 e. The number of amides is 1. The van der Waals surface area contributed by atoms with Gasteiger partial charge in [0.15, 0.2) is 0 Å². The number of aromatic nitrogens is 2. The van der Waals surface area contributed by atoms with Crippen LogP contribution in [0.4, 0.5) is 4.39 Å². The number of nitrogens with one attached hydrogen (secondary N) is 2. The Kier molecular flexibility index (Phi) is 8.03. The zero-order valence-corrected chi connectivity index (χ0v) is 22.0. The maximum absolute atomic E-state index is 14.5. The van der Waals surface area contributed by atoms with E-state index in [0.29, 0.717) is 10.6 Å². The topological polar surface area (TPSA) is 93.1 Å². The maximum atomic E-state index is 14.5. The lowest BCUT2D eigenvalue weighted by Crippen LogP contribution is -2.28. The van der Waals surface area contributed by atoms with Crippen molar-refractivity contribution in [1.82, 2.24) is 19.8 Å². The van der Waals surface area contributed by atoms with E-state index >= 15 is 0 Å². The van der Waals surface area contributed by atoms with Crippen LogP contribution in [0.5, 0.6) is 0 Å². The molecule has 0 aliphatic heterocycles. The number of benzene rings is 2. The maximum Gasteiger partial charge on any atom is 0.227 e. The van der Waals surface area contributed by atoms with E-state index in [1.54, 1.807) is 29.8 Å². The number of rotatable bonds is 8. The lowest BCUT2D eigenvalue weighted by atomic mass is 9.92. The summed E-state index contributed by atoms with van der Waals surface area (Å²) in [6.45, 7) is 7.96. The number of carbonyl (C=O) groups is 1. The van der Waals surface area contributed by atoms with Gasteiger partial charge in [0, 0.05) is 22.5 Å². The van der Waals surface area contributed by atoms with Gasteiger partial charge in [0.25, 0.3) is 0 Å². The summed E-state index contributed by atoms with van der Waals surface area (Å²) in [5.41, 5.74) is 3.01. The van der Waals surface area contributed by atoms with Crippen LogP contribution in [0.2, 0.25) is 5.02 Å². The average Bonchev–Trinajstić information content (AvgIpc) is 3.21. The number of nitrogens with zero attached hydrogens (tertiary/aromatic N) is 2. The molecule has 2 aromatic carbocycles. The van der Waals surface area contributed by atoms with E-state index in [1.165, 1.54) is 12.1 Å². The predicted octanol–water partition coefficient (Wildman–Crippen LogP) is 4.43. The lowest BCUT2D eigenvalue weighted by Gasteiger charge is -2.15. The van der Waals surface area contributed by atoms with E-state index in [4.69, 9.17) is 16.7 Å². The molecular weight excluding hydrogens is 491 g/mol. The molecule has 1 amide bonds. The van der Waals surface area contributed by atoms with Crippen LogP contribution in [0, 0.1) is 5.82 Å². The molecule has 3 rings (SSSR count). The van der Waals surface area contributed by atoms with E-state index < -0.39 is 21.8 Å². The summed E-state index contributed by atoms with van der Waals surface area (Å²) in [7, 11) is -3.44. The minimum atomic E-state index is -3.44. The first-order chi connectivity index (χ1) is 16.2. The normalized spacial score (nSPS) is 13.0. The van der Waals surface area contributed by atoms with Crippen LogP contribution in [0.15, 0.2) is 48.5 Å². The van der Waals surface area contributed by atoms with Crippen molar-refractivity contribution >= 4 is 27.5 Å². The highest BCUT2D eigenvalue weighted by Gasteiger charge is 2.22. The van der Waals surface area contributed by atoms with Gasteiger partial charge in [-0.2, -0.15) is 5.10 Å². The van der Waals surface area contributed by atoms with Gasteiger partial charge in [-0.15, -0.1) is 0 Å². The van der Waals surface area contributed by atoms with E-state index in [-0.39, 0.29) is 30.0 Å². The molecule has 0 aliphatic rings. The van der Waals surface area contributed by atoms with Gasteiger partial charge >= 0.3 is 0 Å². The average molecular weight is 521 g/mol. The summed E-state index contributed by atoms with van der Waals surface area (Å²) in [4.78, 5) is 12.9. The smallest absolute Gasteiger partial charge is 0.227 e. The summed E-state index contributed by atoms with van der Waals surface area (Å²) >= 11 is 6.03. The second kappa shape index (κ2) is 10.5. The fourth-order valence-corrected chi connectivity index (χ4v) is 3.93. The third-order valence-electron chi connectivity index (χ3n) is 5.56. The molecule has 188 valence electrons. The molecule has 0 saturated heterocycles. The van der Waals surface area contributed by atoms with Crippen LogP contribution in [0.25, 0.3) is 5.69 Å². The molecule has 1 atom stereocenters. The summed E-state index contributed by atoms with van der Waals surface area (Å²) in [5.74, 6) is -1.46. The van der Waals surface area contributed by atoms with Crippen LogP contribution >= 0.6 is 11.6 Å². The van der Waals surface area contributed by atoms with Crippen LogP contribution in [0.3, 0.4) is 0 Å². The molecule has 0 bridgehead atoms. The van der Waals surface area contributed by atoms with E-state index in [9.17, 15) is 17.6 Å².